The molecule has 0 aromatic carbocycles. The van der Waals surface area contributed by atoms with Crippen LogP contribution in [0.1, 0.15) is 39.7 Å². The lowest BCUT2D eigenvalue weighted by molar-refractivity contribution is 0.228. The maximum absolute atomic E-state index is 5.72. The Morgan fingerprint density at radius 1 is 1.37 bits per heavy atom. The molecular weight excluding hydrogens is 236 g/mol. The molecule has 2 rings (SSSR count). The van der Waals surface area contributed by atoms with Crippen LogP contribution < -0.4 is 4.74 Å². The van der Waals surface area contributed by atoms with Gasteiger partial charge in [0.15, 0.2) is 0 Å². The number of likely N-dealkylation sites (tertiary alicyclic amines) is 1. The number of hydrogen-bond acceptors (Lipinski definition) is 3. The van der Waals surface area contributed by atoms with Crippen LogP contribution in [-0.2, 0) is 5.41 Å². The highest BCUT2D eigenvalue weighted by molar-refractivity contribution is 5.23. The van der Waals surface area contributed by atoms with Gasteiger partial charge in [-0.1, -0.05) is 33.8 Å². The van der Waals surface area contributed by atoms with E-state index in [1.807, 2.05) is 12.3 Å². The minimum absolute atomic E-state index is 0.150. The van der Waals surface area contributed by atoms with Gasteiger partial charge in [-0.05, 0) is 29.9 Å². The summed E-state index contributed by atoms with van der Waals surface area (Å²) in [6, 6.07) is 4.09. The number of ether oxygens (including phenoxy) is 1. The first kappa shape index (κ1) is 14.3. The molecular formula is C16H26N2O. The summed E-state index contributed by atoms with van der Waals surface area (Å²) in [6.07, 6.45) is 3.24. The van der Waals surface area contributed by atoms with Crippen molar-refractivity contribution in [2.24, 2.45) is 5.92 Å². The highest BCUT2D eigenvalue weighted by Crippen LogP contribution is 2.22. The van der Waals surface area contributed by atoms with Gasteiger partial charge in [-0.2, -0.15) is 0 Å². The predicted molar refractivity (Wildman–Crippen MR) is 78.7 cm³/mol. The second-order valence-corrected chi connectivity index (χ2v) is 6.68. The topological polar surface area (TPSA) is 25.4 Å². The van der Waals surface area contributed by atoms with Gasteiger partial charge in [-0.3, -0.25) is 4.90 Å². The molecule has 0 unspecified atom stereocenters. The van der Waals surface area contributed by atoms with Gasteiger partial charge in [0.05, 0.1) is 0 Å². The molecule has 0 aliphatic carbocycles. The molecule has 1 aliphatic heterocycles. The van der Waals surface area contributed by atoms with E-state index in [0.717, 1.165) is 24.9 Å². The third-order valence-electron chi connectivity index (χ3n) is 3.77. The Morgan fingerprint density at radius 3 is 2.68 bits per heavy atom. The van der Waals surface area contributed by atoms with E-state index in [1.54, 1.807) is 0 Å². The SMILES string of the molecule is C[C@H]1CCN(CCOc2ccc(C(C)(C)C)cn2)C1. The van der Waals surface area contributed by atoms with Crippen LogP contribution in [0.5, 0.6) is 5.88 Å². The largest absolute Gasteiger partial charge is 0.476 e. The molecule has 0 saturated carbocycles. The summed E-state index contributed by atoms with van der Waals surface area (Å²) in [7, 11) is 0. The van der Waals surface area contributed by atoms with Crippen molar-refractivity contribution in [1.29, 1.82) is 0 Å². The fraction of sp³-hybridized carbons (Fsp3) is 0.688. The summed E-state index contributed by atoms with van der Waals surface area (Å²) in [5, 5.41) is 0. The predicted octanol–water partition coefficient (Wildman–Crippen LogP) is 3.10. The molecule has 1 aliphatic rings. The maximum atomic E-state index is 5.72. The summed E-state index contributed by atoms with van der Waals surface area (Å²) in [5.41, 5.74) is 1.39. The second kappa shape index (κ2) is 5.91. The van der Waals surface area contributed by atoms with E-state index < -0.39 is 0 Å². The van der Waals surface area contributed by atoms with Crippen LogP contribution in [0, 0.1) is 5.92 Å². The Balaban J connectivity index is 1.77. The average Bonchev–Trinajstić information content (AvgIpc) is 2.75. The van der Waals surface area contributed by atoms with Crippen molar-refractivity contribution >= 4 is 0 Å². The molecule has 0 spiro atoms. The van der Waals surface area contributed by atoms with E-state index >= 15 is 0 Å². The molecule has 1 fully saturated rings. The van der Waals surface area contributed by atoms with E-state index in [9.17, 15) is 0 Å². The minimum atomic E-state index is 0.150. The van der Waals surface area contributed by atoms with Gasteiger partial charge >= 0.3 is 0 Å². The van der Waals surface area contributed by atoms with Crippen LogP contribution in [0.3, 0.4) is 0 Å². The van der Waals surface area contributed by atoms with Crippen molar-refractivity contribution in [2.45, 2.75) is 39.5 Å². The minimum Gasteiger partial charge on any atom is -0.476 e. The number of aromatic nitrogens is 1. The molecule has 1 aromatic rings. The number of rotatable bonds is 4. The zero-order valence-electron chi connectivity index (χ0n) is 12.6. The van der Waals surface area contributed by atoms with Gasteiger partial charge in [0.2, 0.25) is 5.88 Å². The summed E-state index contributed by atoms with van der Waals surface area (Å²) >= 11 is 0. The fourth-order valence-corrected chi connectivity index (χ4v) is 2.42. The molecule has 1 atom stereocenters. The van der Waals surface area contributed by atoms with Crippen molar-refractivity contribution in [2.75, 3.05) is 26.2 Å². The van der Waals surface area contributed by atoms with Gasteiger partial charge in [0.1, 0.15) is 6.61 Å². The molecule has 0 amide bonds. The second-order valence-electron chi connectivity index (χ2n) is 6.68. The van der Waals surface area contributed by atoms with Crippen LogP contribution in [0.15, 0.2) is 18.3 Å². The number of pyridine rings is 1. The van der Waals surface area contributed by atoms with Crippen molar-refractivity contribution in [1.82, 2.24) is 9.88 Å². The Hall–Kier alpha value is -1.09. The molecule has 3 heteroatoms. The molecule has 1 aromatic heterocycles. The van der Waals surface area contributed by atoms with Crippen molar-refractivity contribution in [3.63, 3.8) is 0 Å². The Labute approximate surface area is 117 Å². The van der Waals surface area contributed by atoms with E-state index in [4.69, 9.17) is 4.74 Å². The highest BCUT2D eigenvalue weighted by Gasteiger charge is 2.18. The van der Waals surface area contributed by atoms with E-state index in [-0.39, 0.29) is 5.41 Å². The van der Waals surface area contributed by atoms with Crippen LogP contribution in [0.4, 0.5) is 0 Å². The first-order chi connectivity index (χ1) is 8.95. The van der Waals surface area contributed by atoms with Crippen molar-refractivity contribution < 1.29 is 4.74 Å². The van der Waals surface area contributed by atoms with E-state index in [1.165, 1.54) is 25.1 Å². The van der Waals surface area contributed by atoms with Crippen LogP contribution in [0.2, 0.25) is 0 Å². The third kappa shape index (κ3) is 4.20. The third-order valence-corrected chi connectivity index (χ3v) is 3.77. The fourth-order valence-electron chi connectivity index (χ4n) is 2.42. The smallest absolute Gasteiger partial charge is 0.213 e. The van der Waals surface area contributed by atoms with Crippen molar-refractivity contribution in [3.8, 4) is 5.88 Å². The zero-order valence-corrected chi connectivity index (χ0v) is 12.6. The quantitative estimate of drug-likeness (QED) is 0.833. The maximum Gasteiger partial charge on any atom is 0.213 e. The Bertz CT molecular complexity index is 394. The normalized spacial score (nSPS) is 20.7. The van der Waals surface area contributed by atoms with Gasteiger partial charge in [-0.15, -0.1) is 0 Å². The van der Waals surface area contributed by atoms with Gasteiger partial charge in [0, 0.05) is 25.4 Å². The molecule has 0 radical (unpaired) electrons. The highest BCUT2D eigenvalue weighted by atomic mass is 16.5. The summed E-state index contributed by atoms with van der Waals surface area (Å²) in [5.74, 6) is 1.57. The summed E-state index contributed by atoms with van der Waals surface area (Å²) in [4.78, 5) is 6.85. The number of hydrogen-bond donors (Lipinski definition) is 0. The average molecular weight is 262 g/mol. The van der Waals surface area contributed by atoms with E-state index in [0.29, 0.717) is 0 Å². The Morgan fingerprint density at radius 2 is 2.16 bits per heavy atom. The molecule has 1 saturated heterocycles. The lowest BCUT2D eigenvalue weighted by Crippen LogP contribution is -2.26. The first-order valence-electron chi connectivity index (χ1n) is 7.27. The summed E-state index contributed by atoms with van der Waals surface area (Å²) < 4.78 is 5.72. The molecule has 2 heterocycles. The monoisotopic (exact) mass is 262 g/mol. The Kier molecular flexibility index (Phi) is 4.46. The van der Waals surface area contributed by atoms with Crippen LogP contribution in [0.25, 0.3) is 0 Å². The molecule has 106 valence electrons. The molecule has 19 heavy (non-hydrogen) atoms. The lowest BCUT2D eigenvalue weighted by atomic mass is 9.88. The lowest BCUT2D eigenvalue weighted by Gasteiger charge is -2.19. The summed E-state index contributed by atoms with van der Waals surface area (Å²) in [6.45, 7) is 13.0. The standard InChI is InChI=1S/C16H26N2O/c1-13-7-8-18(12-13)9-10-19-15-6-5-14(11-17-15)16(2,3)4/h5-6,11,13H,7-10,12H2,1-4H3/t13-/m0/s1. The van der Waals surface area contributed by atoms with Gasteiger partial charge in [-0.25, -0.2) is 4.98 Å². The van der Waals surface area contributed by atoms with Gasteiger partial charge < -0.3 is 4.74 Å². The van der Waals surface area contributed by atoms with Crippen LogP contribution in [-0.4, -0.2) is 36.1 Å². The molecule has 0 bridgehead atoms. The molecule has 0 N–H and O–H groups in total. The zero-order chi connectivity index (χ0) is 13.9. The number of nitrogens with zero attached hydrogens (tertiary/aromatic N) is 2. The van der Waals surface area contributed by atoms with Crippen LogP contribution >= 0.6 is 0 Å². The van der Waals surface area contributed by atoms with E-state index in [2.05, 4.69) is 43.6 Å². The molecule has 3 nitrogen and oxygen atoms in total. The van der Waals surface area contributed by atoms with Crippen molar-refractivity contribution in [3.05, 3.63) is 23.9 Å². The van der Waals surface area contributed by atoms with Gasteiger partial charge in [0.25, 0.3) is 0 Å². The first-order valence-corrected chi connectivity index (χ1v) is 7.27.